The summed E-state index contributed by atoms with van der Waals surface area (Å²) in [6, 6.07) is 5.23. The molecular formula is C23H17F4N3O4. The van der Waals surface area contributed by atoms with Gasteiger partial charge in [-0.25, -0.2) is 27.3 Å². The van der Waals surface area contributed by atoms with E-state index < -0.39 is 40.3 Å². The van der Waals surface area contributed by atoms with Crippen molar-refractivity contribution < 1.29 is 31.9 Å². The van der Waals surface area contributed by atoms with Gasteiger partial charge in [-0.15, -0.1) is 0 Å². The second kappa shape index (κ2) is 9.00. The van der Waals surface area contributed by atoms with E-state index in [0.29, 0.717) is 22.9 Å². The summed E-state index contributed by atoms with van der Waals surface area (Å²) in [6.07, 6.45) is 0.0815. The summed E-state index contributed by atoms with van der Waals surface area (Å²) >= 11 is 0. The Bertz CT molecular complexity index is 1450. The van der Waals surface area contributed by atoms with Gasteiger partial charge in [0.15, 0.2) is 29.0 Å². The molecule has 34 heavy (non-hydrogen) atoms. The minimum atomic E-state index is -1.42. The highest BCUT2D eigenvalue weighted by molar-refractivity contribution is 5.67. The minimum absolute atomic E-state index is 0.0701. The van der Waals surface area contributed by atoms with Crippen LogP contribution in [0.2, 0.25) is 0 Å². The maximum absolute atomic E-state index is 15.0. The molecule has 0 bridgehead atoms. The van der Waals surface area contributed by atoms with Crippen LogP contribution in [0.4, 0.5) is 17.6 Å². The second-order valence-electron chi connectivity index (χ2n) is 7.54. The lowest BCUT2D eigenvalue weighted by atomic mass is 9.97. The first kappa shape index (κ1) is 23.0. The molecule has 0 radical (unpaired) electrons. The van der Waals surface area contributed by atoms with Crippen molar-refractivity contribution in [2.75, 3.05) is 0 Å². The smallest absolute Gasteiger partial charge is 0.439 e. The minimum Gasteiger partial charge on any atom is -0.506 e. The molecule has 11 heteroatoms. The molecule has 2 N–H and O–H groups in total. The molecule has 4 aromatic rings. The van der Waals surface area contributed by atoms with Gasteiger partial charge in [0.2, 0.25) is 0 Å². The fourth-order valence-corrected chi connectivity index (χ4v) is 3.50. The molecule has 0 aliphatic carbocycles. The molecule has 7 nitrogen and oxygen atoms in total. The molecule has 0 atom stereocenters. The Morgan fingerprint density at radius 1 is 1.09 bits per heavy atom. The highest BCUT2D eigenvalue weighted by Crippen LogP contribution is 2.33. The van der Waals surface area contributed by atoms with Crippen molar-refractivity contribution in [3.05, 3.63) is 92.4 Å². The third-order valence-corrected chi connectivity index (χ3v) is 5.21. The standard InChI is InChI=1S/C23H17F4N3O4/c1-10-5-18(33-9-19-29-23(32)34-30-19)20(26)11(2)14(10)8-13-3-4-17(31)22(28-13)15-6-12(24)7-16(25)21(15)27/h3-7,31H,8-9H2,1-2H3,(H,29,30,32). The van der Waals surface area contributed by atoms with E-state index in [4.69, 9.17) is 4.74 Å². The Labute approximate surface area is 189 Å². The molecule has 0 aliphatic rings. The van der Waals surface area contributed by atoms with Crippen LogP contribution in [0.1, 0.15) is 28.2 Å². The zero-order valence-electron chi connectivity index (χ0n) is 17.9. The van der Waals surface area contributed by atoms with E-state index in [2.05, 4.69) is 19.6 Å². The molecule has 2 aromatic heterocycles. The maximum atomic E-state index is 15.0. The number of aryl methyl sites for hydroxylation is 1. The molecule has 0 saturated carbocycles. The monoisotopic (exact) mass is 475 g/mol. The van der Waals surface area contributed by atoms with Crippen LogP contribution >= 0.6 is 0 Å². The zero-order chi connectivity index (χ0) is 24.6. The topological polar surface area (TPSA) is 101 Å². The summed E-state index contributed by atoms with van der Waals surface area (Å²) in [5.74, 6) is -5.66. The van der Waals surface area contributed by atoms with Crippen LogP contribution in [0, 0.1) is 37.1 Å². The van der Waals surface area contributed by atoms with Gasteiger partial charge in [-0.3, -0.25) is 9.51 Å². The summed E-state index contributed by atoms with van der Waals surface area (Å²) < 4.78 is 66.3. The van der Waals surface area contributed by atoms with Gasteiger partial charge in [0, 0.05) is 23.7 Å². The van der Waals surface area contributed by atoms with Gasteiger partial charge in [0.1, 0.15) is 23.9 Å². The SMILES string of the molecule is Cc1cc(OCc2noc(=O)[nH]2)c(F)c(C)c1Cc1ccc(O)c(-c2cc(F)cc(F)c2F)n1. The molecule has 0 amide bonds. The zero-order valence-corrected chi connectivity index (χ0v) is 17.9. The molecule has 2 heterocycles. The van der Waals surface area contributed by atoms with Crippen molar-refractivity contribution >= 4 is 0 Å². The Morgan fingerprint density at radius 3 is 2.56 bits per heavy atom. The average Bonchev–Trinajstić information content (AvgIpc) is 3.21. The molecule has 0 aliphatic heterocycles. The number of nitrogens with zero attached hydrogens (tertiary/aromatic N) is 2. The average molecular weight is 475 g/mol. The number of benzene rings is 2. The first-order valence-corrected chi connectivity index (χ1v) is 9.94. The number of aromatic amines is 1. The van der Waals surface area contributed by atoms with E-state index >= 15 is 0 Å². The number of hydrogen-bond acceptors (Lipinski definition) is 6. The van der Waals surface area contributed by atoms with Crippen molar-refractivity contribution in [3.8, 4) is 22.8 Å². The lowest BCUT2D eigenvalue weighted by Crippen LogP contribution is -2.06. The molecule has 2 aromatic carbocycles. The first-order valence-electron chi connectivity index (χ1n) is 9.94. The molecule has 176 valence electrons. The van der Waals surface area contributed by atoms with E-state index in [1.54, 1.807) is 6.92 Å². The fraction of sp³-hybridized carbons (Fsp3) is 0.174. The van der Waals surface area contributed by atoms with Crippen LogP contribution in [-0.2, 0) is 13.0 Å². The third kappa shape index (κ3) is 4.49. The molecule has 0 saturated heterocycles. The van der Waals surface area contributed by atoms with Crippen molar-refractivity contribution in [2.45, 2.75) is 26.9 Å². The molecule has 0 unspecified atom stereocenters. The van der Waals surface area contributed by atoms with E-state index in [0.717, 1.165) is 6.07 Å². The Balaban J connectivity index is 1.65. The van der Waals surface area contributed by atoms with Crippen LogP contribution in [-0.4, -0.2) is 20.2 Å². The van der Waals surface area contributed by atoms with Crippen molar-refractivity contribution in [1.82, 2.24) is 15.1 Å². The number of ether oxygens (including phenoxy) is 1. The van der Waals surface area contributed by atoms with Gasteiger partial charge in [0.05, 0.1) is 0 Å². The summed E-state index contributed by atoms with van der Waals surface area (Å²) in [5.41, 5.74) is 0.868. The van der Waals surface area contributed by atoms with Crippen molar-refractivity contribution in [3.63, 3.8) is 0 Å². The number of H-pyrrole nitrogens is 1. The van der Waals surface area contributed by atoms with Crippen molar-refractivity contribution in [2.24, 2.45) is 0 Å². The van der Waals surface area contributed by atoms with E-state index in [9.17, 15) is 27.5 Å². The van der Waals surface area contributed by atoms with Gasteiger partial charge < -0.3 is 9.84 Å². The Hall–Kier alpha value is -4.15. The summed E-state index contributed by atoms with van der Waals surface area (Å²) in [5, 5.41) is 13.6. The van der Waals surface area contributed by atoms with Gasteiger partial charge >= 0.3 is 5.76 Å². The first-order chi connectivity index (χ1) is 16.1. The number of rotatable bonds is 6. The van der Waals surface area contributed by atoms with Gasteiger partial charge in [-0.1, -0.05) is 5.16 Å². The largest absolute Gasteiger partial charge is 0.506 e. The molecular weight excluding hydrogens is 458 g/mol. The van der Waals surface area contributed by atoms with Crippen LogP contribution in [0.25, 0.3) is 11.3 Å². The van der Waals surface area contributed by atoms with Gasteiger partial charge in [-0.05, 0) is 54.8 Å². The molecule has 0 fully saturated rings. The quantitative estimate of drug-likeness (QED) is 0.315. The predicted molar refractivity (Wildman–Crippen MR) is 111 cm³/mol. The number of aromatic hydroxyl groups is 1. The summed E-state index contributed by atoms with van der Waals surface area (Å²) in [6.45, 7) is 3.03. The molecule has 0 spiro atoms. The van der Waals surface area contributed by atoms with Gasteiger partial charge in [-0.2, -0.15) is 0 Å². The number of nitrogens with one attached hydrogen (secondary N) is 1. The normalized spacial score (nSPS) is 11.1. The van der Waals surface area contributed by atoms with Crippen LogP contribution in [0.3, 0.4) is 0 Å². The van der Waals surface area contributed by atoms with Crippen LogP contribution in [0.5, 0.6) is 11.5 Å². The maximum Gasteiger partial charge on any atom is 0.439 e. The lowest BCUT2D eigenvalue weighted by molar-refractivity contribution is 0.271. The number of aromatic nitrogens is 3. The van der Waals surface area contributed by atoms with E-state index in [1.165, 1.54) is 25.1 Å². The predicted octanol–water partition coefficient (Wildman–Crippen LogP) is 4.47. The van der Waals surface area contributed by atoms with Crippen LogP contribution < -0.4 is 10.5 Å². The number of hydrogen-bond donors (Lipinski definition) is 2. The summed E-state index contributed by atoms with van der Waals surface area (Å²) in [4.78, 5) is 17.4. The summed E-state index contributed by atoms with van der Waals surface area (Å²) in [7, 11) is 0. The highest BCUT2D eigenvalue weighted by Gasteiger charge is 2.20. The van der Waals surface area contributed by atoms with Gasteiger partial charge in [0.25, 0.3) is 0 Å². The third-order valence-electron chi connectivity index (χ3n) is 5.21. The Kier molecular flexibility index (Phi) is 6.10. The number of pyridine rings is 1. The number of halogens is 4. The Morgan fingerprint density at radius 2 is 1.85 bits per heavy atom. The second-order valence-corrected chi connectivity index (χ2v) is 7.54. The fourth-order valence-electron chi connectivity index (χ4n) is 3.50. The van der Waals surface area contributed by atoms with E-state index in [1.807, 2.05) is 0 Å². The van der Waals surface area contributed by atoms with Crippen molar-refractivity contribution in [1.29, 1.82) is 0 Å². The molecule has 4 rings (SSSR count). The van der Waals surface area contributed by atoms with Crippen LogP contribution in [0.15, 0.2) is 39.6 Å². The lowest BCUT2D eigenvalue weighted by Gasteiger charge is -2.15. The van der Waals surface area contributed by atoms with E-state index in [-0.39, 0.29) is 35.9 Å². The highest BCUT2D eigenvalue weighted by atomic mass is 19.2.